The van der Waals surface area contributed by atoms with Gasteiger partial charge in [-0.1, -0.05) is 0 Å². The van der Waals surface area contributed by atoms with Gasteiger partial charge in [-0.25, -0.2) is 0 Å². The number of rotatable bonds is 5. The number of ether oxygens (including phenoxy) is 2. The Morgan fingerprint density at radius 2 is 1.58 bits per heavy atom. The van der Waals surface area contributed by atoms with Crippen molar-refractivity contribution >= 4 is 29.2 Å². The smallest absolute Gasteiger partial charge is 0.311 e. The molecule has 0 saturated heterocycles. The first-order valence-corrected chi connectivity index (χ1v) is 7.91. The molecule has 26 heavy (non-hydrogen) atoms. The number of methoxy groups -OCH3 is 1. The van der Waals surface area contributed by atoms with Crippen LogP contribution in [-0.4, -0.2) is 35.5 Å². The summed E-state index contributed by atoms with van der Waals surface area (Å²) in [4.78, 5) is 46.6. The summed E-state index contributed by atoms with van der Waals surface area (Å²) in [6.07, 6.45) is 0. The van der Waals surface area contributed by atoms with Crippen LogP contribution in [0.25, 0.3) is 0 Å². The molecule has 0 bridgehead atoms. The van der Waals surface area contributed by atoms with Crippen molar-refractivity contribution in [2.75, 3.05) is 12.4 Å². The Balaban J connectivity index is 2.11. The van der Waals surface area contributed by atoms with Crippen LogP contribution in [0.15, 0.2) is 24.3 Å². The lowest BCUT2D eigenvalue weighted by atomic mass is 10.2. The zero-order valence-corrected chi connectivity index (χ0v) is 14.8. The number of nitro benzene ring substituents is 1. The largest absolute Gasteiger partial charge is 0.469 e. The molecule has 9 nitrogen and oxygen atoms in total. The molecule has 3 atom stereocenters. The standard InChI is InChI=1S/C17H20N2O7/c1-17(2,3)26-16(22)13-11(12(13)15(21)25-4)14(20)18-9-5-7-10(8-6-9)19(23)24/h5-8,11-13H,1-4H3,(H,18,20)/t11-,12+,13-/m0/s1. The second-order valence-electron chi connectivity index (χ2n) is 6.93. The quantitative estimate of drug-likeness (QED) is 0.480. The van der Waals surface area contributed by atoms with Gasteiger partial charge in [0.2, 0.25) is 5.91 Å². The molecule has 1 saturated carbocycles. The molecule has 1 aliphatic rings. The summed E-state index contributed by atoms with van der Waals surface area (Å²) in [7, 11) is 1.18. The van der Waals surface area contributed by atoms with E-state index in [-0.39, 0.29) is 5.69 Å². The summed E-state index contributed by atoms with van der Waals surface area (Å²) < 4.78 is 9.91. The highest BCUT2D eigenvalue weighted by atomic mass is 16.6. The molecule has 0 heterocycles. The molecule has 1 N–H and O–H groups in total. The SMILES string of the molecule is COC(=O)[C@@H]1[C@H](C(=O)Nc2ccc([N+](=O)[O-])cc2)[C@@H]1C(=O)OC(C)(C)C. The number of hydrogen-bond donors (Lipinski definition) is 1. The zero-order valence-electron chi connectivity index (χ0n) is 14.8. The van der Waals surface area contributed by atoms with Crippen LogP contribution < -0.4 is 5.32 Å². The van der Waals surface area contributed by atoms with E-state index in [1.165, 1.54) is 31.4 Å². The average Bonchev–Trinajstić information content (AvgIpc) is 3.29. The molecule has 1 fully saturated rings. The highest BCUT2D eigenvalue weighted by Crippen LogP contribution is 2.49. The molecule has 1 aromatic carbocycles. The van der Waals surface area contributed by atoms with Crippen LogP contribution in [0.4, 0.5) is 11.4 Å². The van der Waals surface area contributed by atoms with E-state index < -0.39 is 46.1 Å². The minimum absolute atomic E-state index is 0.117. The number of amides is 1. The predicted octanol–water partition coefficient (Wildman–Crippen LogP) is 1.91. The topological polar surface area (TPSA) is 125 Å². The second-order valence-corrected chi connectivity index (χ2v) is 6.93. The molecule has 140 valence electrons. The van der Waals surface area contributed by atoms with Gasteiger partial charge in [0.15, 0.2) is 0 Å². The highest BCUT2D eigenvalue weighted by molar-refractivity contribution is 6.04. The van der Waals surface area contributed by atoms with E-state index in [0.29, 0.717) is 5.69 Å². The maximum Gasteiger partial charge on any atom is 0.311 e. The van der Waals surface area contributed by atoms with Crippen molar-refractivity contribution in [2.45, 2.75) is 26.4 Å². The lowest BCUT2D eigenvalue weighted by molar-refractivity contribution is -0.384. The normalized spacial score (nSPS) is 21.5. The number of nitrogens with zero attached hydrogens (tertiary/aromatic N) is 1. The third kappa shape index (κ3) is 4.35. The van der Waals surface area contributed by atoms with E-state index in [0.717, 1.165) is 0 Å². The van der Waals surface area contributed by atoms with E-state index in [1.807, 2.05) is 0 Å². The van der Waals surface area contributed by atoms with E-state index in [9.17, 15) is 24.5 Å². The van der Waals surface area contributed by atoms with Crippen LogP contribution in [0.3, 0.4) is 0 Å². The molecule has 0 aromatic heterocycles. The van der Waals surface area contributed by atoms with Crippen molar-refractivity contribution in [1.82, 2.24) is 0 Å². The summed E-state index contributed by atoms with van der Waals surface area (Å²) >= 11 is 0. The zero-order chi connectivity index (χ0) is 19.6. The van der Waals surface area contributed by atoms with Gasteiger partial charge >= 0.3 is 11.9 Å². The van der Waals surface area contributed by atoms with Crippen molar-refractivity contribution in [3.63, 3.8) is 0 Å². The first-order chi connectivity index (χ1) is 12.0. The van der Waals surface area contributed by atoms with E-state index in [2.05, 4.69) is 10.1 Å². The monoisotopic (exact) mass is 364 g/mol. The Morgan fingerprint density at radius 3 is 2.04 bits per heavy atom. The lowest BCUT2D eigenvalue weighted by Crippen LogP contribution is -2.26. The number of nitro groups is 1. The fraction of sp³-hybridized carbons (Fsp3) is 0.471. The van der Waals surface area contributed by atoms with Crippen molar-refractivity contribution < 1.29 is 28.8 Å². The minimum Gasteiger partial charge on any atom is -0.469 e. The van der Waals surface area contributed by atoms with Gasteiger partial charge < -0.3 is 14.8 Å². The maximum atomic E-state index is 12.4. The Labute approximate surface area is 149 Å². The minimum atomic E-state index is -0.917. The molecule has 0 unspecified atom stereocenters. The molecule has 0 spiro atoms. The Morgan fingerprint density at radius 1 is 1.04 bits per heavy atom. The van der Waals surface area contributed by atoms with Gasteiger partial charge in [0, 0.05) is 17.8 Å². The fourth-order valence-corrected chi connectivity index (χ4v) is 2.62. The Bertz CT molecular complexity index is 736. The number of hydrogen-bond acceptors (Lipinski definition) is 7. The Kier molecular flexibility index (Phi) is 5.29. The second kappa shape index (κ2) is 7.11. The van der Waals surface area contributed by atoms with Gasteiger partial charge in [0.25, 0.3) is 5.69 Å². The number of carbonyl (C=O) groups is 3. The third-order valence-corrected chi connectivity index (χ3v) is 3.82. The van der Waals surface area contributed by atoms with Crippen molar-refractivity contribution in [1.29, 1.82) is 0 Å². The number of anilines is 1. The summed E-state index contributed by atoms with van der Waals surface area (Å²) in [5.41, 5.74) is -0.549. The maximum absolute atomic E-state index is 12.4. The fourth-order valence-electron chi connectivity index (χ4n) is 2.62. The molecular formula is C17H20N2O7. The molecule has 9 heteroatoms. The van der Waals surface area contributed by atoms with Crippen molar-refractivity contribution in [3.05, 3.63) is 34.4 Å². The van der Waals surface area contributed by atoms with Crippen molar-refractivity contribution in [3.8, 4) is 0 Å². The van der Waals surface area contributed by atoms with Gasteiger partial charge in [-0.3, -0.25) is 24.5 Å². The summed E-state index contributed by atoms with van der Waals surface area (Å²) in [5.74, 6) is -4.59. The first kappa shape index (κ1) is 19.4. The molecular weight excluding hydrogens is 344 g/mol. The van der Waals surface area contributed by atoms with E-state index in [4.69, 9.17) is 4.74 Å². The first-order valence-electron chi connectivity index (χ1n) is 7.91. The molecule has 0 radical (unpaired) electrons. The number of esters is 2. The van der Waals surface area contributed by atoms with Gasteiger partial charge in [0.05, 0.1) is 29.8 Å². The predicted molar refractivity (Wildman–Crippen MR) is 90.1 cm³/mol. The summed E-state index contributed by atoms with van der Waals surface area (Å²) in [5, 5.41) is 13.2. The molecule has 0 aliphatic heterocycles. The number of non-ortho nitro benzene ring substituents is 1. The van der Waals surface area contributed by atoms with Crippen LogP contribution in [0.1, 0.15) is 20.8 Å². The van der Waals surface area contributed by atoms with Crippen molar-refractivity contribution in [2.24, 2.45) is 17.8 Å². The van der Waals surface area contributed by atoms with Crippen LogP contribution in [-0.2, 0) is 23.9 Å². The molecule has 1 aromatic rings. The molecule has 1 aliphatic carbocycles. The Hall–Kier alpha value is -2.97. The number of carbonyl (C=O) groups excluding carboxylic acids is 3. The van der Waals surface area contributed by atoms with Crippen LogP contribution in [0.2, 0.25) is 0 Å². The van der Waals surface area contributed by atoms with Crippen LogP contribution >= 0.6 is 0 Å². The van der Waals surface area contributed by atoms with Gasteiger partial charge in [-0.05, 0) is 32.9 Å². The average molecular weight is 364 g/mol. The third-order valence-electron chi connectivity index (χ3n) is 3.82. The van der Waals surface area contributed by atoms with E-state index in [1.54, 1.807) is 20.8 Å². The van der Waals surface area contributed by atoms with Gasteiger partial charge in [-0.15, -0.1) is 0 Å². The van der Waals surface area contributed by atoms with Gasteiger partial charge in [-0.2, -0.15) is 0 Å². The number of nitrogens with one attached hydrogen (secondary N) is 1. The van der Waals surface area contributed by atoms with Crippen LogP contribution in [0.5, 0.6) is 0 Å². The summed E-state index contributed by atoms with van der Waals surface area (Å²) in [6.45, 7) is 5.06. The van der Waals surface area contributed by atoms with Crippen LogP contribution in [0, 0.1) is 27.9 Å². The number of benzene rings is 1. The van der Waals surface area contributed by atoms with E-state index >= 15 is 0 Å². The van der Waals surface area contributed by atoms with Gasteiger partial charge in [0.1, 0.15) is 5.60 Å². The molecule has 1 amide bonds. The molecule has 2 rings (SSSR count). The lowest BCUT2D eigenvalue weighted by Gasteiger charge is -2.19. The summed E-state index contributed by atoms with van der Waals surface area (Å²) in [6, 6.07) is 5.22. The highest BCUT2D eigenvalue weighted by Gasteiger charge is 2.64.